The Morgan fingerprint density at radius 1 is 0.750 bits per heavy atom. The van der Waals surface area contributed by atoms with Crippen molar-refractivity contribution < 1.29 is 4.39 Å². The molecule has 0 amide bonds. The Balaban J connectivity index is 1.55. The summed E-state index contributed by atoms with van der Waals surface area (Å²) >= 11 is 0. The number of rotatable bonds is 3. The highest BCUT2D eigenvalue weighted by Gasteiger charge is 2.22. The van der Waals surface area contributed by atoms with Crippen molar-refractivity contribution in [2.45, 2.75) is 6.42 Å². The first-order valence-corrected chi connectivity index (χ1v) is 11.9. The lowest BCUT2D eigenvalue weighted by Crippen LogP contribution is -2.16. The molecule has 2 heterocycles. The van der Waals surface area contributed by atoms with E-state index in [9.17, 15) is 4.39 Å². The molecule has 0 saturated carbocycles. The standard InChI is InChI=1S/C31H23FN4/c32-27-17-18-28-26(21-27)20-25-15-8-7-10-22(25)16-9-19-36(28)31-34-29(23-11-3-1-4-12-23)33-30(35-31)24-13-5-2-6-14-24/h1-19,21,25H,20H2. The third-order valence-electron chi connectivity index (χ3n) is 6.34. The van der Waals surface area contributed by atoms with E-state index in [0.29, 0.717) is 24.0 Å². The molecule has 2 aliphatic rings. The predicted molar refractivity (Wildman–Crippen MR) is 142 cm³/mol. The zero-order chi connectivity index (χ0) is 24.3. The number of aromatic nitrogens is 3. The molecule has 0 N–H and O–H groups in total. The van der Waals surface area contributed by atoms with Crippen LogP contribution in [-0.4, -0.2) is 15.0 Å². The lowest BCUT2D eigenvalue weighted by molar-refractivity contribution is 0.623. The van der Waals surface area contributed by atoms with Gasteiger partial charge in [-0.2, -0.15) is 9.97 Å². The van der Waals surface area contributed by atoms with Gasteiger partial charge in [0.1, 0.15) is 5.82 Å². The van der Waals surface area contributed by atoms with E-state index in [0.717, 1.165) is 22.4 Å². The molecule has 1 aliphatic carbocycles. The monoisotopic (exact) mass is 470 g/mol. The normalized spacial score (nSPS) is 16.4. The Labute approximate surface area is 209 Å². The number of hydrogen-bond donors (Lipinski definition) is 0. The van der Waals surface area contributed by atoms with E-state index in [1.54, 1.807) is 12.1 Å². The van der Waals surface area contributed by atoms with Crippen molar-refractivity contribution in [1.82, 2.24) is 15.0 Å². The molecule has 1 aliphatic heterocycles. The molecule has 4 aromatic rings. The minimum Gasteiger partial charge on any atom is -0.286 e. The van der Waals surface area contributed by atoms with Gasteiger partial charge >= 0.3 is 0 Å². The number of allylic oxidation sites excluding steroid dienone is 7. The molecule has 0 bridgehead atoms. The number of nitrogens with zero attached hydrogens (tertiary/aromatic N) is 4. The van der Waals surface area contributed by atoms with Crippen LogP contribution in [0.15, 0.2) is 127 Å². The topological polar surface area (TPSA) is 41.9 Å². The third kappa shape index (κ3) is 4.39. The number of fused-ring (bicyclic) bond motifs is 2. The SMILES string of the molecule is Fc1ccc2c(c1)CC1C=CC=CC1=CC=CN2c1nc(-c2ccccc2)nc(-c2ccccc2)n1. The van der Waals surface area contributed by atoms with Crippen LogP contribution < -0.4 is 4.90 Å². The van der Waals surface area contributed by atoms with Gasteiger partial charge in [0.05, 0.1) is 5.69 Å². The van der Waals surface area contributed by atoms with Gasteiger partial charge in [-0.05, 0) is 41.8 Å². The zero-order valence-corrected chi connectivity index (χ0v) is 19.5. The van der Waals surface area contributed by atoms with Crippen LogP contribution in [0.5, 0.6) is 0 Å². The molecule has 1 unspecified atom stereocenters. The second-order valence-corrected chi connectivity index (χ2v) is 8.72. The van der Waals surface area contributed by atoms with Crippen LogP contribution >= 0.6 is 0 Å². The second-order valence-electron chi connectivity index (χ2n) is 8.72. The first-order chi connectivity index (χ1) is 17.7. The number of benzene rings is 3. The van der Waals surface area contributed by atoms with Gasteiger partial charge in [-0.25, -0.2) is 9.37 Å². The van der Waals surface area contributed by atoms with Gasteiger partial charge in [-0.1, -0.05) is 91.0 Å². The van der Waals surface area contributed by atoms with Crippen LogP contribution in [0.4, 0.5) is 16.0 Å². The highest BCUT2D eigenvalue weighted by molar-refractivity contribution is 5.70. The fourth-order valence-electron chi connectivity index (χ4n) is 4.55. The molecule has 0 saturated heterocycles. The average molecular weight is 471 g/mol. The van der Waals surface area contributed by atoms with Crippen LogP contribution in [0.1, 0.15) is 5.56 Å². The molecule has 4 nitrogen and oxygen atoms in total. The fraction of sp³-hybridized carbons (Fsp3) is 0.0645. The Morgan fingerprint density at radius 3 is 2.14 bits per heavy atom. The lowest BCUT2D eigenvalue weighted by atomic mass is 9.88. The minimum absolute atomic E-state index is 0.165. The van der Waals surface area contributed by atoms with E-state index in [2.05, 4.69) is 18.2 Å². The Hall–Kier alpha value is -4.64. The summed E-state index contributed by atoms with van der Waals surface area (Å²) in [7, 11) is 0. The summed E-state index contributed by atoms with van der Waals surface area (Å²) in [5.74, 6) is 1.53. The molecule has 0 spiro atoms. The minimum atomic E-state index is -0.261. The first-order valence-electron chi connectivity index (χ1n) is 11.9. The molecule has 0 fully saturated rings. The van der Waals surface area contributed by atoms with E-state index >= 15 is 0 Å². The van der Waals surface area contributed by atoms with Crippen molar-refractivity contribution in [1.29, 1.82) is 0 Å². The summed E-state index contributed by atoms with van der Waals surface area (Å²) in [5.41, 5.74) is 4.70. The molecule has 1 aromatic heterocycles. The smallest absolute Gasteiger partial charge is 0.238 e. The van der Waals surface area contributed by atoms with Gasteiger partial charge in [-0.15, -0.1) is 0 Å². The molecule has 3 aromatic carbocycles. The fourth-order valence-corrected chi connectivity index (χ4v) is 4.55. The van der Waals surface area contributed by atoms with Gasteiger partial charge in [0, 0.05) is 23.2 Å². The molecular formula is C31H23FN4. The molecular weight excluding hydrogens is 447 g/mol. The van der Waals surface area contributed by atoms with E-state index in [4.69, 9.17) is 15.0 Å². The number of anilines is 2. The number of hydrogen-bond acceptors (Lipinski definition) is 4. The van der Waals surface area contributed by atoms with Crippen molar-refractivity contribution in [3.05, 3.63) is 138 Å². The summed E-state index contributed by atoms with van der Waals surface area (Å²) in [6, 6.07) is 24.6. The molecule has 36 heavy (non-hydrogen) atoms. The first kappa shape index (κ1) is 21.9. The maximum atomic E-state index is 14.4. The summed E-state index contributed by atoms with van der Waals surface area (Å²) in [6.07, 6.45) is 15.0. The summed E-state index contributed by atoms with van der Waals surface area (Å²) in [6.45, 7) is 0. The van der Waals surface area contributed by atoms with Crippen LogP contribution in [0, 0.1) is 11.7 Å². The van der Waals surface area contributed by atoms with Crippen molar-refractivity contribution >= 4 is 11.6 Å². The second kappa shape index (κ2) is 9.55. The van der Waals surface area contributed by atoms with Crippen LogP contribution in [0.3, 0.4) is 0 Å². The van der Waals surface area contributed by atoms with Crippen LogP contribution in [0.25, 0.3) is 22.8 Å². The van der Waals surface area contributed by atoms with Gasteiger partial charge in [0.25, 0.3) is 0 Å². The van der Waals surface area contributed by atoms with Crippen LogP contribution in [-0.2, 0) is 6.42 Å². The van der Waals surface area contributed by atoms with E-state index in [-0.39, 0.29) is 11.7 Å². The average Bonchev–Trinajstić information content (AvgIpc) is 3.01. The van der Waals surface area contributed by atoms with Crippen molar-refractivity contribution in [3.63, 3.8) is 0 Å². The molecule has 5 heteroatoms. The van der Waals surface area contributed by atoms with Crippen LogP contribution in [0.2, 0.25) is 0 Å². The quantitative estimate of drug-likeness (QED) is 0.317. The summed E-state index contributed by atoms with van der Waals surface area (Å²) in [5, 5.41) is 0. The summed E-state index contributed by atoms with van der Waals surface area (Å²) < 4.78 is 14.4. The third-order valence-corrected chi connectivity index (χ3v) is 6.34. The van der Waals surface area contributed by atoms with Gasteiger partial charge < -0.3 is 0 Å². The molecule has 0 radical (unpaired) electrons. The van der Waals surface area contributed by atoms with Crippen molar-refractivity contribution in [2.24, 2.45) is 5.92 Å². The van der Waals surface area contributed by atoms with E-state index < -0.39 is 0 Å². The maximum absolute atomic E-state index is 14.4. The largest absolute Gasteiger partial charge is 0.286 e. The van der Waals surface area contributed by atoms with Crippen molar-refractivity contribution in [3.8, 4) is 22.8 Å². The van der Waals surface area contributed by atoms with Gasteiger partial charge in [0.15, 0.2) is 11.6 Å². The maximum Gasteiger partial charge on any atom is 0.238 e. The Kier molecular flexibility index (Phi) is 5.80. The van der Waals surface area contributed by atoms with Crippen molar-refractivity contribution in [2.75, 3.05) is 4.90 Å². The highest BCUT2D eigenvalue weighted by atomic mass is 19.1. The highest BCUT2D eigenvalue weighted by Crippen LogP contribution is 2.35. The predicted octanol–water partition coefficient (Wildman–Crippen LogP) is 7.22. The zero-order valence-electron chi connectivity index (χ0n) is 19.5. The molecule has 174 valence electrons. The Bertz CT molecular complexity index is 1460. The molecule has 6 rings (SSSR count). The Morgan fingerprint density at radius 2 is 1.44 bits per heavy atom. The van der Waals surface area contributed by atoms with Gasteiger partial charge in [-0.3, -0.25) is 4.90 Å². The summed E-state index contributed by atoms with van der Waals surface area (Å²) in [4.78, 5) is 16.5. The van der Waals surface area contributed by atoms with Gasteiger partial charge in [0.2, 0.25) is 5.95 Å². The lowest BCUT2D eigenvalue weighted by Gasteiger charge is -2.24. The van der Waals surface area contributed by atoms with E-state index in [1.165, 1.54) is 11.6 Å². The molecule has 1 atom stereocenters. The number of halogens is 1. The van der Waals surface area contributed by atoms with E-state index in [1.807, 2.05) is 90.0 Å².